The Bertz CT molecular complexity index is 1300. The largest absolute Gasteiger partial charge is 0.480 e. The summed E-state index contributed by atoms with van der Waals surface area (Å²) >= 11 is 5.90. The number of nitrogens with one attached hydrogen (secondary N) is 1. The van der Waals surface area contributed by atoms with Gasteiger partial charge in [-0.25, -0.2) is 17.9 Å². The third-order valence-electron chi connectivity index (χ3n) is 7.67. The first-order chi connectivity index (χ1) is 18.3. The Balaban J connectivity index is 1.19. The quantitative estimate of drug-likeness (QED) is 0.418. The molecule has 2 saturated carbocycles. The summed E-state index contributed by atoms with van der Waals surface area (Å²) in [5.74, 6) is -1.60. The zero-order valence-corrected chi connectivity index (χ0v) is 21.4. The van der Waals surface area contributed by atoms with Crippen LogP contribution < -0.4 is 19.7 Å². The maximum Gasteiger partial charge on any atom is 0.322 e. The third-order valence-corrected chi connectivity index (χ3v) is 7.95. The lowest BCUT2D eigenvalue weighted by atomic mass is 9.81. The highest BCUT2D eigenvalue weighted by atomic mass is 35.5. The Hall–Kier alpha value is -3.28. The van der Waals surface area contributed by atoms with Crippen molar-refractivity contribution in [3.05, 3.63) is 41.3 Å². The summed E-state index contributed by atoms with van der Waals surface area (Å²) < 4.78 is 53.2. The van der Waals surface area contributed by atoms with Crippen LogP contribution >= 0.6 is 11.6 Å². The second kappa shape index (κ2) is 9.79. The maximum absolute atomic E-state index is 13.6. The Morgan fingerprint density at radius 3 is 2.61 bits per heavy atom. The highest BCUT2D eigenvalue weighted by Gasteiger charge is 2.46. The van der Waals surface area contributed by atoms with Gasteiger partial charge in [-0.3, -0.25) is 0 Å². The number of piperidine rings is 1. The molecule has 3 heterocycles. The molecular formula is C25H27ClF3N7O2. The van der Waals surface area contributed by atoms with Gasteiger partial charge in [0.05, 0.1) is 24.0 Å². The van der Waals surface area contributed by atoms with Gasteiger partial charge in [-0.05, 0) is 42.7 Å². The summed E-state index contributed by atoms with van der Waals surface area (Å²) in [6.07, 6.45) is 3.46. The lowest BCUT2D eigenvalue weighted by Crippen LogP contribution is -2.48. The lowest BCUT2D eigenvalue weighted by molar-refractivity contribution is -0.115. The van der Waals surface area contributed by atoms with E-state index < -0.39 is 11.7 Å². The molecule has 1 saturated heterocycles. The van der Waals surface area contributed by atoms with Crippen molar-refractivity contribution in [2.45, 2.75) is 44.2 Å². The molecule has 1 aliphatic heterocycles. The van der Waals surface area contributed by atoms with E-state index in [2.05, 4.69) is 30.5 Å². The molecule has 38 heavy (non-hydrogen) atoms. The molecule has 2 aromatic heterocycles. The van der Waals surface area contributed by atoms with Crippen LogP contribution in [0.5, 0.6) is 17.6 Å². The van der Waals surface area contributed by atoms with Crippen LogP contribution in [0.25, 0.3) is 0 Å². The fourth-order valence-electron chi connectivity index (χ4n) is 5.82. The van der Waals surface area contributed by atoms with Crippen LogP contribution in [-0.2, 0) is 6.54 Å². The third kappa shape index (κ3) is 5.05. The van der Waals surface area contributed by atoms with Crippen LogP contribution in [0.2, 0.25) is 5.02 Å². The smallest absolute Gasteiger partial charge is 0.322 e. The van der Waals surface area contributed by atoms with Gasteiger partial charge in [0, 0.05) is 50.7 Å². The molecule has 6 rings (SSSR count). The lowest BCUT2D eigenvalue weighted by Gasteiger charge is -2.39. The monoisotopic (exact) mass is 549 g/mol. The number of aromatic nitrogens is 5. The number of methoxy groups -OCH3 is 1. The topological polar surface area (TPSA) is 90.2 Å². The molecule has 0 amide bonds. The second-order valence-electron chi connectivity index (χ2n) is 10.3. The van der Waals surface area contributed by atoms with E-state index in [9.17, 15) is 13.2 Å². The van der Waals surface area contributed by atoms with Crippen molar-refractivity contribution >= 4 is 23.2 Å². The summed E-state index contributed by atoms with van der Waals surface area (Å²) in [7, 11) is 1.57. The molecule has 3 atom stereocenters. The predicted molar refractivity (Wildman–Crippen MR) is 134 cm³/mol. The predicted octanol–water partition coefficient (Wildman–Crippen LogP) is 5.03. The van der Waals surface area contributed by atoms with Gasteiger partial charge in [0.25, 0.3) is 0 Å². The van der Waals surface area contributed by atoms with E-state index >= 15 is 0 Å². The molecule has 0 radical (unpaired) electrons. The normalized spacial score (nSPS) is 24.2. The molecule has 3 fully saturated rings. The molecule has 13 heteroatoms. The van der Waals surface area contributed by atoms with E-state index in [-0.39, 0.29) is 48.1 Å². The SMILES string of the molecule is COc1cc(N2C[C@H]3CC[C@@H](C2)C3Nc2nc(Oc3ccc(F)c(Cl)c3)n(CC3CC(F)(F)C3)n2)cnn1. The summed E-state index contributed by atoms with van der Waals surface area (Å²) in [5, 5.41) is 16.0. The molecule has 9 nitrogen and oxygen atoms in total. The van der Waals surface area contributed by atoms with Crippen LogP contribution in [0.3, 0.4) is 0 Å². The summed E-state index contributed by atoms with van der Waals surface area (Å²) in [4.78, 5) is 6.84. The van der Waals surface area contributed by atoms with Gasteiger partial charge in [0.1, 0.15) is 11.6 Å². The average Bonchev–Trinajstić information content (AvgIpc) is 3.34. The number of ether oxygens (including phenoxy) is 2. The standard InChI is InChI=1S/C25H27ClF3N7O2/c1-37-21-6-17(10-30-33-21)35-12-15-2-3-16(13-35)22(15)31-23-32-24(38-18-4-5-20(27)19(26)7-18)36(34-23)11-14-8-25(28,29)9-14/h4-7,10,14-16,22H,2-3,8-9,11-13H2,1H3,(H,31,34)/t15-,16+,22?. The van der Waals surface area contributed by atoms with Crippen molar-refractivity contribution in [1.82, 2.24) is 25.0 Å². The number of anilines is 2. The Morgan fingerprint density at radius 1 is 1.16 bits per heavy atom. The van der Waals surface area contributed by atoms with Gasteiger partial charge in [-0.15, -0.1) is 10.2 Å². The highest BCUT2D eigenvalue weighted by Crippen LogP contribution is 2.44. The van der Waals surface area contributed by atoms with Gasteiger partial charge in [0.15, 0.2) is 0 Å². The van der Waals surface area contributed by atoms with Crippen LogP contribution in [0.1, 0.15) is 25.7 Å². The van der Waals surface area contributed by atoms with E-state index in [1.54, 1.807) is 13.3 Å². The Morgan fingerprint density at radius 2 is 1.92 bits per heavy atom. The number of benzene rings is 1. The Kier molecular flexibility index (Phi) is 6.45. The van der Waals surface area contributed by atoms with Crippen molar-refractivity contribution in [3.8, 4) is 17.6 Å². The number of rotatable bonds is 8. The first-order valence-electron chi connectivity index (χ1n) is 12.6. The second-order valence-corrected chi connectivity index (χ2v) is 10.7. The number of hydrogen-bond acceptors (Lipinski definition) is 8. The number of hydrogen-bond donors (Lipinski definition) is 1. The number of halogens is 4. The van der Waals surface area contributed by atoms with Crippen LogP contribution in [0.15, 0.2) is 30.5 Å². The highest BCUT2D eigenvalue weighted by molar-refractivity contribution is 6.30. The first kappa shape index (κ1) is 25.0. The number of nitrogens with zero attached hydrogens (tertiary/aromatic N) is 6. The number of fused-ring (bicyclic) bond motifs is 2. The fraction of sp³-hybridized carbons (Fsp3) is 0.520. The molecule has 1 N–H and O–H groups in total. The minimum atomic E-state index is -2.64. The zero-order chi connectivity index (χ0) is 26.4. The molecule has 0 spiro atoms. The van der Waals surface area contributed by atoms with Crippen LogP contribution in [-0.4, -0.2) is 57.1 Å². The molecule has 2 bridgehead atoms. The van der Waals surface area contributed by atoms with Gasteiger partial charge in [-0.2, -0.15) is 10.1 Å². The number of alkyl halides is 2. The summed E-state index contributed by atoms with van der Waals surface area (Å²) in [5.41, 5.74) is 0.973. The van der Waals surface area contributed by atoms with E-state index in [1.807, 2.05) is 6.07 Å². The van der Waals surface area contributed by atoms with Gasteiger partial charge >= 0.3 is 6.01 Å². The van der Waals surface area contributed by atoms with E-state index in [1.165, 1.54) is 22.9 Å². The minimum Gasteiger partial charge on any atom is -0.480 e. The Labute approximate surface area is 222 Å². The molecule has 3 aliphatic rings. The molecule has 202 valence electrons. The van der Waals surface area contributed by atoms with Crippen LogP contribution in [0.4, 0.5) is 24.8 Å². The molecule has 1 unspecified atom stereocenters. The summed E-state index contributed by atoms with van der Waals surface area (Å²) in [6, 6.07) is 6.16. The minimum absolute atomic E-state index is 0.0871. The molecular weight excluding hydrogens is 523 g/mol. The van der Waals surface area contributed by atoms with Crippen molar-refractivity contribution in [2.24, 2.45) is 17.8 Å². The fourth-order valence-corrected chi connectivity index (χ4v) is 5.99. The van der Waals surface area contributed by atoms with Crippen molar-refractivity contribution in [3.63, 3.8) is 0 Å². The summed E-state index contributed by atoms with van der Waals surface area (Å²) in [6.45, 7) is 1.91. The molecule has 1 aromatic carbocycles. The van der Waals surface area contributed by atoms with Crippen LogP contribution in [0, 0.1) is 23.6 Å². The zero-order valence-electron chi connectivity index (χ0n) is 20.7. The van der Waals surface area contributed by atoms with E-state index in [0.717, 1.165) is 31.6 Å². The molecule has 3 aromatic rings. The first-order valence-corrected chi connectivity index (χ1v) is 13.0. The van der Waals surface area contributed by atoms with Crippen molar-refractivity contribution in [2.75, 3.05) is 30.4 Å². The average molecular weight is 550 g/mol. The van der Waals surface area contributed by atoms with Gasteiger partial charge in [-0.1, -0.05) is 11.6 Å². The van der Waals surface area contributed by atoms with E-state index in [4.69, 9.17) is 21.1 Å². The van der Waals surface area contributed by atoms with Gasteiger partial charge < -0.3 is 19.7 Å². The maximum atomic E-state index is 13.6. The van der Waals surface area contributed by atoms with Gasteiger partial charge in [0.2, 0.25) is 17.8 Å². The van der Waals surface area contributed by atoms with E-state index in [0.29, 0.717) is 23.7 Å². The van der Waals surface area contributed by atoms with Crippen molar-refractivity contribution in [1.29, 1.82) is 0 Å². The molecule has 2 aliphatic carbocycles. The van der Waals surface area contributed by atoms with Crippen molar-refractivity contribution < 1.29 is 22.6 Å².